The lowest BCUT2D eigenvalue weighted by Crippen LogP contribution is -2.61. The van der Waals surface area contributed by atoms with E-state index in [9.17, 15) is 35.9 Å². The second-order valence-electron chi connectivity index (χ2n) is 8.65. The smallest absolute Gasteiger partial charge is 0.437 e. The molecule has 1 aliphatic carbocycles. The molecule has 0 N–H and O–H groups in total. The molecule has 180 valence electrons. The molecule has 0 spiro atoms. The maximum absolute atomic E-state index is 13.8. The normalized spacial score (nSPS) is 17.4. The molecular weight excluding hydrogens is 430 g/mol. The summed E-state index contributed by atoms with van der Waals surface area (Å²) in [4.78, 5) is 24.0. The number of halogens is 6. The molecule has 0 aromatic rings. The average Bonchev–Trinajstić information content (AvgIpc) is 2.59. The molecule has 1 rings (SSSR count). The molecule has 1 unspecified atom stereocenters. The van der Waals surface area contributed by atoms with Gasteiger partial charge in [0, 0.05) is 18.4 Å². The van der Waals surface area contributed by atoms with Crippen molar-refractivity contribution in [2.24, 2.45) is 11.8 Å². The van der Waals surface area contributed by atoms with Crippen molar-refractivity contribution in [3.8, 4) is 0 Å². The Labute approximate surface area is 178 Å². The van der Waals surface area contributed by atoms with Crippen LogP contribution in [-0.2, 0) is 19.1 Å². The fraction of sp³-hybridized carbons (Fsp3) is 0.810. The SMILES string of the molecule is C=C(C)C(=O)OC(CC(C)C)CC(OC(=O)CC1CCCCC1)(C(F)(F)F)C(F)(F)F. The third kappa shape index (κ3) is 7.71. The van der Waals surface area contributed by atoms with Gasteiger partial charge in [-0.1, -0.05) is 39.7 Å². The molecule has 1 aliphatic rings. The molecule has 0 aromatic heterocycles. The molecule has 31 heavy (non-hydrogen) atoms. The van der Waals surface area contributed by atoms with Crippen LogP contribution < -0.4 is 0 Å². The van der Waals surface area contributed by atoms with Gasteiger partial charge in [-0.15, -0.1) is 0 Å². The number of rotatable bonds is 9. The Balaban J connectivity index is 3.24. The van der Waals surface area contributed by atoms with Crippen LogP contribution in [0.15, 0.2) is 12.2 Å². The van der Waals surface area contributed by atoms with Crippen LogP contribution in [0.25, 0.3) is 0 Å². The molecular formula is C21H30F6O4. The highest BCUT2D eigenvalue weighted by Gasteiger charge is 2.74. The van der Waals surface area contributed by atoms with Gasteiger partial charge in [0.1, 0.15) is 6.10 Å². The zero-order valence-corrected chi connectivity index (χ0v) is 18.0. The van der Waals surface area contributed by atoms with Gasteiger partial charge in [-0.3, -0.25) is 4.79 Å². The number of carbonyl (C=O) groups is 2. The fourth-order valence-corrected chi connectivity index (χ4v) is 3.68. The largest absolute Gasteiger partial charge is 0.459 e. The molecule has 1 saturated carbocycles. The van der Waals surface area contributed by atoms with Crippen molar-refractivity contribution < 1.29 is 45.4 Å². The Bertz CT molecular complexity index is 619. The average molecular weight is 460 g/mol. The van der Waals surface area contributed by atoms with E-state index in [0.29, 0.717) is 12.8 Å². The molecule has 10 heteroatoms. The minimum atomic E-state index is -5.96. The summed E-state index contributed by atoms with van der Waals surface area (Å²) in [7, 11) is 0. The molecule has 0 amide bonds. The molecule has 0 aliphatic heterocycles. The van der Waals surface area contributed by atoms with Crippen molar-refractivity contribution in [3.63, 3.8) is 0 Å². The first kappa shape index (κ1) is 27.3. The van der Waals surface area contributed by atoms with E-state index >= 15 is 0 Å². The van der Waals surface area contributed by atoms with Gasteiger partial charge in [0.05, 0.1) is 0 Å². The van der Waals surface area contributed by atoms with E-state index in [1.807, 2.05) is 0 Å². The van der Waals surface area contributed by atoms with Crippen molar-refractivity contribution in [3.05, 3.63) is 12.2 Å². The van der Waals surface area contributed by atoms with Crippen molar-refractivity contribution in [1.82, 2.24) is 0 Å². The highest BCUT2D eigenvalue weighted by molar-refractivity contribution is 5.87. The van der Waals surface area contributed by atoms with Gasteiger partial charge in [-0.05, 0) is 38.0 Å². The summed E-state index contributed by atoms with van der Waals surface area (Å²) < 4.78 is 92.2. The number of hydrogen-bond acceptors (Lipinski definition) is 4. The zero-order valence-electron chi connectivity index (χ0n) is 18.0. The number of esters is 2. The molecule has 1 atom stereocenters. The third-order valence-corrected chi connectivity index (χ3v) is 5.26. The Morgan fingerprint density at radius 1 is 1.00 bits per heavy atom. The van der Waals surface area contributed by atoms with E-state index in [1.54, 1.807) is 13.8 Å². The molecule has 1 fully saturated rings. The highest BCUT2D eigenvalue weighted by atomic mass is 19.4. The quantitative estimate of drug-likeness (QED) is 0.231. The van der Waals surface area contributed by atoms with Gasteiger partial charge in [-0.25, -0.2) is 4.79 Å². The first-order valence-electron chi connectivity index (χ1n) is 10.3. The van der Waals surface area contributed by atoms with Crippen LogP contribution in [0.4, 0.5) is 26.3 Å². The second-order valence-corrected chi connectivity index (χ2v) is 8.65. The molecule has 4 nitrogen and oxygen atoms in total. The van der Waals surface area contributed by atoms with Gasteiger partial charge in [0.15, 0.2) is 0 Å². The Morgan fingerprint density at radius 2 is 1.52 bits per heavy atom. The zero-order chi connectivity index (χ0) is 24.0. The van der Waals surface area contributed by atoms with Gasteiger partial charge >= 0.3 is 29.9 Å². The number of alkyl halides is 6. The second kappa shape index (κ2) is 10.7. The summed E-state index contributed by atoms with van der Waals surface area (Å²) in [6, 6.07) is 0. The monoisotopic (exact) mass is 460 g/mol. The summed E-state index contributed by atoms with van der Waals surface area (Å²) in [5.74, 6) is -3.37. The van der Waals surface area contributed by atoms with E-state index in [1.165, 1.54) is 6.92 Å². The summed E-state index contributed by atoms with van der Waals surface area (Å²) in [5.41, 5.74) is -4.95. The van der Waals surface area contributed by atoms with Crippen molar-refractivity contribution in [2.75, 3.05) is 0 Å². The predicted octanol–water partition coefficient (Wildman–Crippen LogP) is 6.29. The number of hydrogen-bond donors (Lipinski definition) is 0. The fourth-order valence-electron chi connectivity index (χ4n) is 3.68. The van der Waals surface area contributed by atoms with Gasteiger partial charge < -0.3 is 9.47 Å². The van der Waals surface area contributed by atoms with Crippen LogP contribution in [0.3, 0.4) is 0 Å². The molecule has 0 bridgehead atoms. The minimum Gasteiger partial charge on any atom is -0.459 e. The lowest BCUT2D eigenvalue weighted by molar-refractivity contribution is -0.376. The van der Waals surface area contributed by atoms with Crippen molar-refractivity contribution >= 4 is 11.9 Å². The van der Waals surface area contributed by atoms with Crippen LogP contribution in [0, 0.1) is 11.8 Å². The summed E-state index contributed by atoms with van der Waals surface area (Å²) >= 11 is 0. The minimum absolute atomic E-state index is 0.173. The van der Waals surface area contributed by atoms with Crippen molar-refractivity contribution in [2.45, 2.75) is 96.2 Å². The van der Waals surface area contributed by atoms with Gasteiger partial charge in [0.2, 0.25) is 0 Å². The van der Waals surface area contributed by atoms with E-state index in [-0.39, 0.29) is 23.8 Å². The first-order valence-corrected chi connectivity index (χ1v) is 10.3. The molecule has 0 heterocycles. The predicted molar refractivity (Wildman–Crippen MR) is 101 cm³/mol. The van der Waals surface area contributed by atoms with E-state index < -0.39 is 48.8 Å². The molecule has 0 aromatic carbocycles. The maximum atomic E-state index is 13.8. The van der Waals surface area contributed by atoms with Gasteiger partial charge in [0.25, 0.3) is 0 Å². The van der Waals surface area contributed by atoms with Crippen LogP contribution in [0.2, 0.25) is 0 Å². The number of carbonyl (C=O) groups excluding carboxylic acids is 2. The van der Waals surface area contributed by atoms with Crippen LogP contribution in [0.1, 0.15) is 72.1 Å². The Morgan fingerprint density at radius 3 is 1.94 bits per heavy atom. The summed E-state index contributed by atoms with van der Waals surface area (Å²) in [6.07, 6.45) is -12.8. The molecule has 0 saturated heterocycles. The van der Waals surface area contributed by atoms with E-state index in [0.717, 1.165) is 19.3 Å². The third-order valence-electron chi connectivity index (χ3n) is 5.26. The number of ether oxygens (including phenoxy) is 2. The van der Waals surface area contributed by atoms with Crippen LogP contribution in [0.5, 0.6) is 0 Å². The first-order chi connectivity index (χ1) is 14.1. The highest BCUT2D eigenvalue weighted by Crippen LogP contribution is 2.50. The topological polar surface area (TPSA) is 52.6 Å². The standard InChI is InChI=1S/C21H30F6O4/c1-13(2)10-16(30-18(29)14(3)4)12-19(20(22,23)24,21(25,26)27)31-17(28)11-15-8-6-5-7-9-15/h13,15-16H,3,5-12H2,1-2,4H3. The lowest BCUT2D eigenvalue weighted by atomic mass is 9.86. The summed E-state index contributed by atoms with van der Waals surface area (Å²) in [6.45, 7) is 7.62. The maximum Gasteiger partial charge on any atom is 0.437 e. The summed E-state index contributed by atoms with van der Waals surface area (Å²) in [5, 5.41) is 0. The van der Waals surface area contributed by atoms with E-state index in [2.05, 4.69) is 11.3 Å². The van der Waals surface area contributed by atoms with E-state index in [4.69, 9.17) is 4.74 Å². The lowest BCUT2D eigenvalue weighted by Gasteiger charge is -2.39. The van der Waals surface area contributed by atoms with Gasteiger partial charge in [-0.2, -0.15) is 26.3 Å². The van der Waals surface area contributed by atoms with Crippen molar-refractivity contribution in [1.29, 1.82) is 0 Å². The Hall–Kier alpha value is -1.74. The van der Waals surface area contributed by atoms with Crippen LogP contribution >= 0.6 is 0 Å². The molecule has 0 radical (unpaired) electrons. The Kier molecular flexibility index (Phi) is 9.44. The van der Waals surface area contributed by atoms with Crippen LogP contribution in [-0.4, -0.2) is 36.0 Å².